The molecular weight excluding hydrogens is 388 g/mol. The molecule has 152 valence electrons. The van der Waals surface area contributed by atoms with Gasteiger partial charge in [0.25, 0.3) is 11.8 Å². The van der Waals surface area contributed by atoms with Crippen LogP contribution < -0.4 is 16.0 Å². The second-order valence-electron chi connectivity index (χ2n) is 7.86. The summed E-state index contributed by atoms with van der Waals surface area (Å²) in [7, 11) is 0. The average Bonchev–Trinajstić information content (AvgIpc) is 3.21. The topological polar surface area (TPSA) is 100 Å². The Labute approximate surface area is 173 Å². The van der Waals surface area contributed by atoms with Crippen molar-refractivity contribution in [1.82, 2.24) is 15.6 Å². The van der Waals surface area contributed by atoms with Gasteiger partial charge in [0, 0.05) is 16.4 Å². The van der Waals surface area contributed by atoms with E-state index in [1.807, 2.05) is 0 Å². The quantitative estimate of drug-likeness (QED) is 0.665. The number of benzene rings is 1. The lowest BCUT2D eigenvalue weighted by atomic mass is 9.87. The van der Waals surface area contributed by atoms with Crippen LogP contribution in [0.2, 0.25) is 0 Å². The lowest BCUT2D eigenvalue weighted by Gasteiger charge is -2.21. The molecule has 2 aliphatic rings. The van der Waals surface area contributed by atoms with E-state index in [1.54, 1.807) is 31.2 Å². The molecule has 1 aliphatic carbocycles. The van der Waals surface area contributed by atoms with Gasteiger partial charge in [-0.25, -0.2) is 9.78 Å². The van der Waals surface area contributed by atoms with E-state index in [2.05, 4.69) is 22.9 Å². The van der Waals surface area contributed by atoms with Crippen molar-refractivity contribution in [3.8, 4) is 0 Å². The SMILES string of the molecule is Cc1sc(NC(=O)c2cccc(C3(C)NC(=O)NC3=O)c2)nc1C1CCCCC1. The van der Waals surface area contributed by atoms with Crippen molar-refractivity contribution in [2.75, 3.05) is 5.32 Å². The molecule has 0 spiro atoms. The van der Waals surface area contributed by atoms with Crippen molar-refractivity contribution in [3.63, 3.8) is 0 Å². The first-order chi connectivity index (χ1) is 13.9. The monoisotopic (exact) mass is 412 g/mol. The number of carbonyl (C=O) groups is 3. The number of imide groups is 1. The predicted molar refractivity (Wildman–Crippen MR) is 111 cm³/mol. The van der Waals surface area contributed by atoms with E-state index in [4.69, 9.17) is 4.98 Å². The van der Waals surface area contributed by atoms with Gasteiger partial charge in [-0.05, 0) is 44.4 Å². The number of anilines is 1. The van der Waals surface area contributed by atoms with E-state index < -0.39 is 17.5 Å². The molecule has 1 aromatic carbocycles. The van der Waals surface area contributed by atoms with Crippen LogP contribution in [0.15, 0.2) is 24.3 Å². The molecule has 1 unspecified atom stereocenters. The molecule has 4 rings (SSSR count). The third-order valence-electron chi connectivity index (χ3n) is 5.79. The van der Waals surface area contributed by atoms with E-state index in [0.29, 0.717) is 22.2 Å². The zero-order chi connectivity index (χ0) is 20.6. The zero-order valence-electron chi connectivity index (χ0n) is 16.5. The van der Waals surface area contributed by atoms with Gasteiger partial charge in [-0.15, -0.1) is 11.3 Å². The maximum Gasteiger partial charge on any atom is 0.322 e. The summed E-state index contributed by atoms with van der Waals surface area (Å²) in [5.41, 5.74) is 0.868. The molecule has 7 nitrogen and oxygen atoms in total. The van der Waals surface area contributed by atoms with Crippen molar-refractivity contribution < 1.29 is 14.4 Å². The summed E-state index contributed by atoms with van der Waals surface area (Å²) in [4.78, 5) is 42.4. The summed E-state index contributed by atoms with van der Waals surface area (Å²) < 4.78 is 0. The first-order valence-electron chi connectivity index (χ1n) is 9.89. The van der Waals surface area contributed by atoms with E-state index >= 15 is 0 Å². The van der Waals surface area contributed by atoms with Gasteiger partial charge in [0.2, 0.25) is 0 Å². The van der Waals surface area contributed by atoms with Gasteiger partial charge in [-0.2, -0.15) is 0 Å². The normalized spacial score (nSPS) is 22.3. The van der Waals surface area contributed by atoms with Crippen molar-refractivity contribution in [2.45, 2.75) is 57.4 Å². The predicted octanol–water partition coefficient (Wildman–Crippen LogP) is 3.81. The minimum Gasteiger partial charge on any atom is -0.320 e. The third-order valence-corrected chi connectivity index (χ3v) is 6.69. The highest BCUT2D eigenvalue weighted by Gasteiger charge is 2.43. The third kappa shape index (κ3) is 3.76. The summed E-state index contributed by atoms with van der Waals surface area (Å²) in [6.45, 7) is 3.67. The summed E-state index contributed by atoms with van der Waals surface area (Å²) in [6.07, 6.45) is 6.08. The Bertz CT molecular complexity index is 980. The van der Waals surface area contributed by atoms with Gasteiger partial charge in [0.05, 0.1) is 5.69 Å². The molecule has 4 amide bonds. The lowest BCUT2D eigenvalue weighted by Crippen LogP contribution is -2.40. The molecule has 2 heterocycles. The molecule has 1 atom stereocenters. The zero-order valence-corrected chi connectivity index (χ0v) is 17.3. The molecule has 1 saturated heterocycles. The van der Waals surface area contributed by atoms with Gasteiger partial charge in [-0.1, -0.05) is 31.4 Å². The fourth-order valence-electron chi connectivity index (χ4n) is 4.10. The minimum absolute atomic E-state index is 0.288. The van der Waals surface area contributed by atoms with E-state index in [9.17, 15) is 14.4 Å². The van der Waals surface area contributed by atoms with Crippen molar-refractivity contribution in [3.05, 3.63) is 46.0 Å². The molecule has 1 saturated carbocycles. The van der Waals surface area contributed by atoms with Crippen LogP contribution in [0.4, 0.5) is 9.93 Å². The van der Waals surface area contributed by atoms with Crippen LogP contribution in [0, 0.1) is 6.92 Å². The van der Waals surface area contributed by atoms with Crippen molar-refractivity contribution >= 4 is 34.3 Å². The molecule has 8 heteroatoms. The first kappa shape index (κ1) is 19.6. The second-order valence-corrected chi connectivity index (χ2v) is 9.07. The average molecular weight is 413 g/mol. The second kappa shape index (κ2) is 7.59. The van der Waals surface area contributed by atoms with E-state index in [-0.39, 0.29) is 5.91 Å². The van der Waals surface area contributed by atoms with Crippen LogP contribution in [0.5, 0.6) is 0 Å². The maximum absolute atomic E-state index is 12.8. The maximum atomic E-state index is 12.8. The van der Waals surface area contributed by atoms with E-state index in [0.717, 1.165) is 23.4 Å². The molecular formula is C21H24N4O3S. The fourth-order valence-corrected chi connectivity index (χ4v) is 5.00. The van der Waals surface area contributed by atoms with Crippen LogP contribution in [0.1, 0.15) is 71.4 Å². The Kier molecular flexibility index (Phi) is 5.12. The van der Waals surface area contributed by atoms with E-state index in [1.165, 1.54) is 30.6 Å². The number of nitrogens with one attached hydrogen (secondary N) is 3. The van der Waals surface area contributed by atoms with Gasteiger partial charge < -0.3 is 5.32 Å². The highest BCUT2D eigenvalue weighted by Crippen LogP contribution is 2.37. The first-order valence-corrected chi connectivity index (χ1v) is 10.7. The van der Waals surface area contributed by atoms with Gasteiger partial charge in [0.1, 0.15) is 5.54 Å². The number of nitrogens with zero attached hydrogens (tertiary/aromatic N) is 1. The number of rotatable bonds is 4. The molecule has 1 aliphatic heterocycles. The number of aromatic nitrogens is 1. The van der Waals surface area contributed by atoms with Crippen molar-refractivity contribution in [2.24, 2.45) is 0 Å². The van der Waals surface area contributed by atoms with Crippen LogP contribution >= 0.6 is 11.3 Å². The molecule has 3 N–H and O–H groups in total. The number of carbonyl (C=O) groups excluding carboxylic acids is 3. The summed E-state index contributed by atoms with van der Waals surface area (Å²) in [6, 6.07) is 6.19. The number of urea groups is 1. The standard InChI is InChI=1S/C21H24N4O3S/c1-12-16(13-7-4-3-5-8-13)22-20(29-12)23-17(26)14-9-6-10-15(11-14)21(2)18(27)24-19(28)25-21/h6,9-11,13H,3-5,7-8H2,1-2H3,(H,22,23,26)(H2,24,25,27,28). The Morgan fingerprint density at radius 1 is 1.24 bits per heavy atom. The van der Waals surface area contributed by atoms with Gasteiger partial charge >= 0.3 is 6.03 Å². The van der Waals surface area contributed by atoms with Crippen LogP contribution in [-0.2, 0) is 10.3 Å². The van der Waals surface area contributed by atoms with Crippen LogP contribution in [0.3, 0.4) is 0 Å². The Morgan fingerprint density at radius 2 is 2.00 bits per heavy atom. The smallest absolute Gasteiger partial charge is 0.320 e. The van der Waals surface area contributed by atoms with Crippen LogP contribution in [0.25, 0.3) is 0 Å². The molecule has 0 radical (unpaired) electrons. The Balaban J connectivity index is 1.52. The minimum atomic E-state index is -1.20. The Morgan fingerprint density at radius 3 is 2.69 bits per heavy atom. The summed E-state index contributed by atoms with van der Waals surface area (Å²) in [5, 5.41) is 8.34. The largest absolute Gasteiger partial charge is 0.322 e. The molecule has 1 aromatic heterocycles. The number of aryl methyl sites for hydroxylation is 1. The fraction of sp³-hybridized carbons (Fsp3) is 0.429. The summed E-state index contributed by atoms with van der Waals surface area (Å²) in [5.74, 6) is -0.240. The van der Waals surface area contributed by atoms with Crippen LogP contribution in [-0.4, -0.2) is 22.8 Å². The highest BCUT2D eigenvalue weighted by molar-refractivity contribution is 7.15. The Hall–Kier alpha value is -2.74. The molecule has 2 fully saturated rings. The van der Waals surface area contributed by atoms with Gasteiger partial charge in [-0.3, -0.25) is 20.2 Å². The van der Waals surface area contributed by atoms with Crippen molar-refractivity contribution in [1.29, 1.82) is 0 Å². The number of amides is 4. The molecule has 29 heavy (non-hydrogen) atoms. The number of thiazole rings is 1. The van der Waals surface area contributed by atoms with Gasteiger partial charge in [0.15, 0.2) is 5.13 Å². The summed E-state index contributed by atoms with van der Waals surface area (Å²) >= 11 is 1.50. The highest BCUT2D eigenvalue weighted by atomic mass is 32.1. The lowest BCUT2D eigenvalue weighted by molar-refractivity contribution is -0.123. The molecule has 2 aromatic rings. The number of hydrogen-bond donors (Lipinski definition) is 3. The molecule has 0 bridgehead atoms. The number of hydrogen-bond acceptors (Lipinski definition) is 5.